The highest BCUT2D eigenvalue weighted by atomic mass is 16.5. The summed E-state index contributed by atoms with van der Waals surface area (Å²) < 4.78 is 5.48. The van der Waals surface area contributed by atoms with Crippen molar-refractivity contribution in [3.8, 4) is 11.5 Å². The molecule has 15 heavy (non-hydrogen) atoms. The summed E-state index contributed by atoms with van der Waals surface area (Å²) in [6.45, 7) is 5.14. The first-order chi connectivity index (χ1) is 7.24. The number of ether oxygens (including phenoxy) is 1. The van der Waals surface area contributed by atoms with Gasteiger partial charge in [0, 0.05) is 0 Å². The minimum absolute atomic E-state index is 0.223. The number of phenolic OH excluding ortho intramolecular Hbond substituents is 1. The summed E-state index contributed by atoms with van der Waals surface area (Å²) in [7, 11) is 0. The predicted octanol–water partition coefficient (Wildman–Crippen LogP) is 3.60. The van der Waals surface area contributed by atoms with Gasteiger partial charge in [-0.25, -0.2) is 0 Å². The van der Waals surface area contributed by atoms with Crippen LogP contribution in [0.3, 0.4) is 0 Å². The Morgan fingerprint density at radius 3 is 2.73 bits per heavy atom. The maximum Gasteiger partial charge on any atom is 0.160 e. The third-order valence-corrected chi connectivity index (χ3v) is 2.66. The maximum atomic E-state index is 9.44. The van der Waals surface area contributed by atoms with Gasteiger partial charge in [0.05, 0.1) is 6.61 Å². The lowest BCUT2D eigenvalue weighted by Crippen LogP contribution is -2.00. The van der Waals surface area contributed by atoms with Crippen molar-refractivity contribution in [2.75, 3.05) is 6.61 Å². The molecule has 0 bridgehead atoms. The Hall–Kier alpha value is -1.18. The zero-order valence-electron chi connectivity index (χ0n) is 9.57. The summed E-state index contributed by atoms with van der Waals surface area (Å²) in [5, 5.41) is 9.44. The molecule has 1 rings (SSSR count). The molecule has 2 heteroatoms. The fourth-order valence-corrected chi connectivity index (χ4v) is 1.40. The zero-order valence-corrected chi connectivity index (χ0v) is 9.57. The second kappa shape index (κ2) is 6.33. The van der Waals surface area contributed by atoms with Gasteiger partial charge in [-0.05, 0) is 30.9 Å². The van der Waals surface area contributed by atoms with E-state index in [-0.39, 0.29) is 5.75 Å². The number of phenols is 1. The maximum absolute atomic E-state index is 9.44. The summed E-state index contributed by atoms with van der Waals surface area (Å²) in [6.07, 6.45) is 3.45. The highest BCUT2D eigenvalue weighted by Gasteiger charge is 2.01. The second-order valence-electron chi connectivity index (χ2n) is 3.97. The molecule has 0 amide bonds. The Morgan fingerprint density at radius 2 is 2.07 bits per heavy atom. The lowest BCUT2D eigenvalue weighted by Gasteiger charge is -2.10. The van der Waals surface area contributed by atoms with E-state index in [4.69, 9.17) is 4.74 Å². The Bertz CT molecular complexity index is 284. The lowest BCUT2D eigenvalue weighted by atomic mass is 10.0. The van der Waals surface area contributed by atoms with Crippen LogP contribution in [0.4, 0.5) is 0 Å². The van der Waals surface area contributed by atoms with Gasteiger partial charge in [0.2, 0.25) is 0 Å². The Kier molecular flexibility index (Phi) is 5.02. The SMILES string of the molecule is CCC(C)CCCOc1ccccc1O. The third kappa shape index (κ3) is 4.24. The van der Waals surface area contributed by atoms with Gasteiger partial charge in [-0.1, -0.05) is 32.4 Å². The molecule has 1 aromatic rings. The molecule has 0 saturated carbocycles. The molecule has 0 saturated heterocycles. The largest absolute Gasteiger partial charge is 0.504 e. The Balaban J connectivity index is 2.23. The summed E-state index contributed by atoms with van der Waals surface area (Å²) in [5.74, 6) is 1.57. The summed E-state index contributed by atoms with van der Waals surface area (Å²) in [4.78, 5) is 0. The van der Waals surface area contributed by atoms with Gasteiger partial charge in [0.15, 0.2) is 11.5 Å². The first kappa shape index (κ1) is 11.9. The molecule has 0 radical (unpaired) electrons. The van der Waals surface area contributed by atoms with E-state index in [0.717, 1.165) is 12.3 Å². The van der Waals surface area contributed by atoms with Crippen LogP contribution in [0.15, 0.2) is 24.3 Å². The van der Waals surface area contributed by atoms with Crippen LogP contribution in [0.5, 0.6) is 11.5 Å². The number of hydrogen-bond donors (Lipinski definition) is 1. The first-order valence-electron chi connectivity index (χ1n) is 5.64. The number of aromatic hydroxyl groups is 1. The quantitative estimate of drug-likeness (QED) is 0.724. The van der Waals surface area contributed by atoms with Crippen LogP contribution < -0.4 is 4.74 Å². The van der Waals surface area contributed by atoms with Gasteiger partial charge in [0.25, 0.3) is 0 Å². The van der Waals surface area contributed by atoms with E-state index < -0.39 is 0 Å². The second-order valence-corrected chi connectivity index (χ2v) is 3.97. The molecule has 0 aromatic heterocycles. The third-order valence-electron chi connectivity index (χ3n) is 2.66. The van der Waals surface area contributed by atoms with Crippen molar-refractivity contribution < 1.29 is 9.84 Å². The standard InChI is InChI=1S/C13H20O2/c1-3-11(2)7-6-10-15-13-9-5-4-8-12(13)14/h4-5,8-9,11,14H,3,6-7,10H2,1-2H3. The van der Waals surface area contributed by atoms with Crippen molar-refractivity contribution in [1.82, 2.24) is 0 Å². The monoisotopic (exact) mass is 208 g/mol. The topological polar surface area (TPSA) is 29.5 Å². The highest BCUT2D eigenvalue weighted by molar-refractivity contribution is 5.37. The van der Waals surface area contributed by atoms with Gasteiger partial charge in [0.1, 0.15) is 0 Å². The van der Waals surface area contributed by atoms with Crippen molar-refractivity contribution in [1.29, 1.82) is 0 Å². The molecule has 2 nitrogen and oxygen atoms in total. The van der Waals surface area contributed by atoms with E-state index in [0.29, 0.717) is 12.4 Å². The molecule has 1 atom stereocenters. The molecular formula is C13H20O2. The van der Waals surface area contributed by atoms with Crippen LogP contribution in [0.1, 0.15) is 33.1 Å². The molecule has 0 spiro atoms. The molecule has 1 unspecified atom stereocenters. The number of para-hydroxylation sites is 2. The number of rotatable bonds is 6. The predicted molar refractivity (Wildman–Crippen MR) is 62.3 cm³/mol. The van der Waals surface area contributed by atoms with E-state index in [2.05, 4.69) is 13.8 Å². The zero-order chi connectivity index (χ0) is 11.1. The van der Waals surface area contributed by atoms with Crippen molar-refractivity contribution in [3.63, 3.8) is 0 Å². The highest BCUT2D eigenvalue weighted by Crippen LogP contribution is 2.24. The van der Waals surface area contributed by atoms with E-state index >= 15 is 0 Å². The van der Waals surface area contributed by atoms with Gasteiger partial charge in [-0.3, -0.25) is 0 Å². The molecule has 0 heterocycles. The van der Waals surface area contributed by atoms with Crippen molar-refractivity contribution >= 4 is 0 Å². The smallest absolute Gasteiger partial charge is 0.160 e. The lowest BCUT2D eigenvalue weighted by molar-refractivity contribution is 0.280. The van der Waals surface area contributed by atoms with E-state index in [9.17, 15) is 5.11 Å². The normalized spacial score (nSPS) is 12.4. The fraction of sp³-hybridized carbons (Fsp3) is 0.538. The minimum atomic E-state index is 0.223. The van der Waals surface area contributed by atoms with Crippen LogP contribution in [0.2, 0.25) is 0 Å². The summed E-state index contributed by atoms with van der Waals surface area (Å²) >= 11 is 0. The molecule has 1 N–H and O–H groups in total. The molecule has 0 fully saturated rings. The van der Waals surface area contributed by atoms with Crippen LogP contribution in [0, 0.1) is 5.92 Å². The van der Waals surface area contributed by atoms with Gasteiger partial charge >= 0.3 is 0 Å². The summed E-state index contributed by atoms with van der Waals surface area (Å²) in [6, 6.07) is 7.09. The number of benzene rings is 1. The fourth-order valence-electron chi connectivity index (χ4n) is 1.40. The van der Waals surface area contributed by atoms with Crippen LogP contribution in [-0.2, 0) is 0 Å². The molecule has 0 aliphatic rings. The molecular weight excluding hydrogens is 188 g/mol. The molecule has 0 aliphatic heterocycles. The van der Waals surface area contributed by atoms with Crippen molar-refractivity contribution in [2.45, 2.75) is 33.1 Å². The average Bonchev–Trinajstić information content (AvgIpc) is 2.26. The van der Waals surface area contributed by atoms with Crippen LogP contribution in [-0.4, -0.2) is 11.7 Å². The minimum Gasteiger partial charge on any atom is -0.504 e. The van der Waals surface area contributed by atoms with E-state index in [1.54, 1.807) is 18.2 Å². The molecule has 84 valence electrons. The van der Waals surface area contributed by atoms with Gasteiger partial charge < -0.3 is 9.84 Å². The first-order valence-corrected chi connectivity index (χ1v) is 5.64. The van der Waals surface area contributed by atoms with Crippen molar-refractivity contribution in [3.05, 3.63) is 24.3 Å². The Morgan fingerprint density at radius 1 is 1.33 bits per heavy atom. The molecule has 0 aliphatic carbocycles. The van der Waals surface area contributed by atoms with Gasteiger partial charge in [-0.2, -0.15) is 0 Å². The molecule has 1 aromatic carbocycles. The van der Waals surface area contributed by atoms with Crippen LogP contribution >= 0.6 is 0 Å². The van der Waals surface area contributed by atoms with Gasteiger partial charge in [-0.15, -0.1) is 0 Å². The van der Waals surface area contributed by atoms with E-state index in [1.165, 1.54) is 12.8 Å². The summed E-state index contributed by atoms with van der Waals surface area (Å²) in [5.41, 5.74) is 0. The van der Waals surface area contributed by atoms with E-state index in [1.807, 2.05) is 6.07 Å². The van der Waals surface area contributed by atoms with Crippen molar-refractivity contribution in [2.24, 2.45) is 5.92 Å². The van der Waals surface area contributed by atoms with Crippen LogP contribution in [0.25, 0.3) is 0 Å². The Labute approximate surface area is 91.9 Å². The average molecular weight is 208 g/mol. The number of hydrogen-bond acceptors (Lipinski definition) is 2.